The van der Waals surface area contributed by atoms with Crippen molar-refractivity contribution in [1.29, 1.82) is 0 Å². The third-order valence-electron chi connectivity index (χ3n) is 2.04. The molecule has 1 heterocycles. The SMILES string of the molecule is Clc1cccc(CNCc2ncon2)c1Cl. The molecule has 0 atom stereocenters. The van der Waals surface area contributed by atoms with E-state index in [1.807, 2.05) is 12.1 Å². The smallest absolute Gasteiger partial charge is 0.213 e. The summed E-state index contributed by atoms with van der Waals surface area (Å²) in [7, 11) is 0. The van der Waals surface area contributed by atoms with Crippen LogP contribution in [0.2, 0.25) is 10.0 Å². The second-order valence-corrected chi connectivity index (χ2v) is 3.95. The molecule has 0 radical (unpaired) electrons. The summed E-state index contributed by atoms with van der Waals surface area (Å²) >= 11 is 11.9. The fourth-order valence-corrected chi connectivity index (χ4v) is 1.65. The van der Waals surface area contributed by atoms with E-state index in [0.29, 0.717) is 29.0 Å². The van der Waals surface area contributed by atoms with E-state index < -0.39 is 0 Å². The second kappa shape index (κ2) is 5.30. The Morgan fingerprint density at radius 1 is 1.25 bits per heavy atom. The molecular formula is C10H9Cl2N3O. The molecule has 1 aromatic heterocycles. The van der Waals surface area contributed by atoms with Gasteiger partial charge in [-0.15, -0.1) is 0 Å². The third kappa shape index (κ3) is 2.72. The molecule has 1 N–H and O–H groups in total. The van der Waals surface area contributed by atoms with Crippen LogP contribution in [0.5, 0.6) is 0 Å². The van der Waals surface area contributed by atoms with Gasteiger partial charge >= 0.3 is 0 Å². The van der Waals surface area contributed by atoms with Crippen LogP contribution in [0.15, 0.2) is 29.1 Å². The Hall–Kier alpha value is -1.10. The molecule has 0 unspecified atom stereocenters. The first kappa shape index (κ1) is 11.4. The van der Waals surface area contributed by atoms with Gasteiger partial charge in [-0.1, -0.05) is 40.5 Å². The zero-order valence-electron chi connectivity index (χ0n) is 8.28. The first-order valence-corrected chi connectivity index (χ1v) is 5.42. The summed E-state index contributed by atoms with van der Waals surface area (Å²) < 4.78 is 4.61. The number of halogens is 2. The van der Waals surface area contributed by atoms with Gasteiger partial charge in [0.1, 0.15) is 0 Å². The molecule has 0 fully saturated rings. The zero-order chi connectivity index (χ0) is 11.4. The summed E-state index contributed by atoms with van der Waals surface area (Å²) in [6.07, 6.45) is 1.30. The quantitative estimate of drug-likeness (QED) is 0.915. The van der Waals surface area contributed by atoms with Crippen LogP contribution in [0.25, 0.3) is 0 Å². The minimum atomic E-state index is 0.527. The molecule has 2 rings (SSSR count). The average molecular weight is 258 g/mol. The van der Waals surface area contributed by atoms with Gasteiger partial charge in [-0.05, 0) is 11.6 Å². The molecule has 0 aliphatic rings. The van der Waals surface area contributed by atoms with E-state index in [-0.39, 0.29) is 0 Å². The van der Waals surface area contributed by atoms with Crippen molar-refractivity contribution in [2.75, 3.05) is 0 Å². The maximum atomic E-state index is 6.03. The van der Waals surface area contributed by atoms with Crippen LogP contribution in [0.4, 0.5) is 0 Å². The molecular weight excluding hydrogens is 249 g/mol. The van der Waals surface area contributed by atoms with Crippen LogP contribution in [0, 0.1) is 0 Å². The van der Waals surface area contributed by atoms with Crippen molar-refractivity contribution < 1.29 is 4.52 Å². The van der Waals surface area contributed by atoms with Crippen LogP contribution in [-0.2, 0) is 13.1 Å². The Morgan fingerprint density at radius 3 is 2.88 bits per heavy atom. The van der Waals surface area contributed by atoms with Gasteiger partial charge < -0.3 is 9.84 Å². The molecule has 0 aliphatic heterocycles. The Kier molecular flexibility index (Phi) is 3.77. The summed E-state index contributed by atoms with van der Waals surface area (Å²) in [5.41, 5.74) is 0.942. The summed E-state index contributed by atoms with van der Waals surface area (Å²) in [6.45, 7) is 1.13. The summed E-state index contributed by atoms with van der Waals surface area (Å²) in [5.74, 6) is 0.609. The Labute approximate surface area is 103 Å². The molecule has 1 aromatic carbocycles. The van der Waals surface area contributed by atoms with Gasteiger partial charge in [-0.2, -0.15) is 4.98 Å². The number of hydrogen-bond donors (Lipinski definition) is 1. The number of aromatic nitrogens is 2. The second-order valence-electron chi connectivity index (χ2n) is 3.16. The molecule has 84 valence electrons. The molecule has 4 nitrogen and oxygen atoms in total. The van der Waals surface area contributed by atoms with Crippen LogP contribution in [-0.4, -0.2) is 10.1 Å². The standard InChI is InChI=1S/C10H9Cl2N3O/c11-8-3-1-2-7(10(8)12)4-13-5-9-14-6-16-15-9/h1-3,6,13H,4-5H2. The molecule has 0 saturated carbocycles. The Bertz CT molecular complexity index is 459. The van der Waals surface area contributed by atoms with Crippen molar-refractivity contribution in [3.63, 3.8) is 0 Å². The molecule has 0 bridgehead atoms. The van der Waals surface area contributed by atoms with Gasteiger partial charge in [0, 0.05) is 6.54 Å². The lowest BCUT2D eigenvalue weighted by atomic mass is 10.2. The van der Waals surface area contributed by atoms with Gasteiger partial charge in [0.25, 0.3) is 0 Å². The predicted molar refractivity (Wildman–Crippen MR) is 61.3 cm³/mol. The summed E-state index contributed by atoms with van der Waals surface area (Å²) in [4.78, 5) is 3.89. The third-order valence-corrected chi connectivity index (χ3v) is 2.90. The fraction of sp³-hybridized carbons (Fsp3) is 0.200. The molecule has 0 amide bonds. The highest BCUT2D eigenvalue weighted by Crippen LogP contribution is 2.25. The molecule has 2 aromatic rings. The molecule has 0 spiro atoms. The molecule has 0 aliphatic carbocycles. The van der Waals surface area contributed by atoms with E-state index >= 15 is 0 Å². The number of nitrogens with one attached hydrogen (secondary N) is 1. The van der Waals surface area contributed by atoms with Crippen molar-refractivity contribution in [1.82, 2.24) is 15.5 Å². The Morgan fingerprint density at radius 2 is 2.12 bits per heavy atom. The first-order valence-electron chi connectivity index (χ1n) is 4.66. The van der Waals surface area contributed by atoms with Gasteiger partial charge in [-0.3, -0.25) is 0 Å². The van der Waals surface area contributed by atoms with Gasteiger partial charge in [0.05, 0.1) is 16.6 Å². The van der Waals surface area contributed by atoms with E-state index in [1.165, 1.54) is 6.39 Å². The number of hydrogen-bond acceptors (Lipinski definition) is 4. The first-order chi connectivity index (χ1) is 7.77. The van der Waals surface area contributed by atoms with Crippen molar-refractivity contribution in [2.24, 2.45) is 0 Å². The van der Waals surface area contributed by atoms with Crippen LogP contribution < -0.4 is 5.32 Å². The highest BCUT2D eigenvalue weighted by molar-refractivity contribution is 6.42. The Balaban J connectivity index is 1.92. The monoisotopic (exact) mass is 257 g/mol. The summed E-state index contributed by atoms with van der Waals surface area (Å²) in [5, 5.41) is 7.95. The maximum absolute atomic E-state index is 6.03. The molecule has 6 heteroatoms. The summed E-state index contributed by atoms with van der Waals surface area (Å²) in [6, 6.07) is 5.53. The molecule has 16 heavy (non-hydrogen) atoms. The van der Waals surface area contributed by atoms with E-state index in [0.717, 1.165) is 5.56 Å². The lowest BCUT2D eigenvalue weighted by Gasteiger charge is -2.05. The maximum Gasteiger partial charge on any atom is 0.213 e. The number of benzene rings is 1. The van der Waals surface area contributed by atoms with Crippen LogP contribution in [0.1, 0.15) is 11.4 Å². The highest BCUT2D eigenvalue weighted by atomic mass is 35.5. The lowest BCUT2D eigenvalue weighted by Crippen LogP contribution is -2.13. The highest BCUT2D eigenvalue weighted by Gasteiger charge is 2.04. The predicted octanol–water partition coefficient (Wildman–Crippen LogP) is 2.67. The minimum Gasteiger partial charge on any atom is -0.343 e. The van der Waals surface area contributed by atoms with Crippen molar-refractivity contribution in [3.8, 4) is 0 Å². The minimum absolute atomic E-state index is 0.527. The van der Waals surface area contributed by atoms with E-state index in [4.69, 9.17) is 23.2 Å². The van der Waals surface area contributed by atoms with Crippen molar-refractivity contribution in [2.45, 2.75) is 13.1 Å². The van der Waals surface area contributed by atoms with E-state index in [1.54, 1.807) is 6.07 Å². The van der Waals surface area contributed by atoms with Crippen LogP contribution in [0.3, 0.4) is 0 Å². The van der Waals surface area contributed by atoms with Crippen molar-refractivity contribution in [3.05, 3.63) is 46.0 Å². The van der Waals surface area contributed by atoms with Crippen molar-refractivity contribution >= 4 is 23.2 Å². The zero-order valence-corrected chi connectivity index (χ0v) is 9.79. The lowest BCUT2D eigenvalue weighted by molar-refractivity contribution is 0.407. The van der Waals surface area contributed by atoms with E-state index in [2.05, 4.69) is 20.0 Å². The number of nitrogens with zero attached hydrogens (tertiary/aromatic N) is 2. The van der Waals surface area contributed by atoms with Crippen LogP contribution >= 0.6 is 23.2 Å². The van der Waals surface area contributed by atoms with E-state index in [9.17, 15) is 0 Å². The topological polar surface area (TPSA) is 51.0 Å². The normalized spacial score (nSPS) is 10.6. The van der Waals surface area contributed by atoms with Gasteiger partial charge in [0.15, 0.2) is 5.82 Å². The fourth-order valence-electron chi connectivity index (χ4n) is 1.26. The molecule has 0 saturated heterocycles. The average Bonchev–Trinajstić information content (AvgIpc) is 2.77. The van der Waals surface area contributed by atoms with Gasteiger partial charge in [-0.25, -0.2) is 0 Å². The van der Waals surface area contributed by atoms with Gasteiger partial charge in [0.2, 0.25) is 6.39 Å². The largest absolute Gasteiger partial charge is 0.343 e. The number of rotatable bonds is 4.